The van der Waals surface area contributed by atoms with Crippen molar-refractivity contribution in [3.8, 4) is 0 Å². The number of nitrogens with one attached hydrogen (secondary N) is 3. The standard InChI is InChI=1S/C19H36N8O6/c1-9(2)7-12(26-15(29)11(20)5-4-6-24-19(22)23)17(31)27-13(8-14(21)28)16(30)25-10(3)18(32)33/h9-13H,4-8,20H2,1-3H3,(H2,21,28)(H,25,30)(H,26,29)(H,27,31)(H,32,33)(H4,22,23,24). The topological polar surface area (TPSA) is 258 Å². The summed E-state index contributed by atoms with van der Waals surface area (Å²) >= 11 is 0. The van der Waals surface area contributed by atoms with Gasteiger partial charge in [0.05, 0.1) is 12.5 Å². The first-order valence-electron chi connectivity index (χ1n) is 10.5. The molecule has 0 spiro atoms. The van der Waals surface area contributed by atoms with Crippen LogP contribution in [0.5, 0.6) is 0 Å². The van der Waals surface area contributed by atoms with E-state index in [-0.39, 0.29) is 31.3 Å². The molecule has 0 aliphatic rings. The van der Waals surface area contributed by atoms with Crippen molar-refractivity contribution in [2.24, 2.45) is 33.8 Å². The minimum absolute atomic E-state index is 0.0189. The molecule has 14 heteroatoms. The number of aliphatic imine (C=N–C) groups is 1. The molecule has 0 bridgehead atoms. The minimum atomic E-state index is -1.42. The highest BCUT2D eigenvalue weighted by Gasteiger charge is 2.30. The Hall–Kier alpha value is -3.42. The van der Waals surface area contributed by atoms with Crippen LogP contribution in [-0.2, 0) is 24.0 Å². The summed E-state index contributed by atoms with van der Waals surface area (Å²) in [4.78, 5) is 63.8. The Labute approximate surface area is 192 Å². The zero-order chi connectivity index (χ0) is 25.7. The van der Waals surface area contributed by atoms with Crippen LogP contribution in [0.2, 0.25) is 0 Å². The maximum atomic E-state index is 12.8. The van der Waals surface area contributed by atoms with Crippen LogP contribution in [-0.4, -0.2) is 71.4 Å². The summed E-state index contributed by atoms with van der Waals surface area (Å²) in [5, 5.41) is 16.0. The molecule has 0 rings (SSSR count). The predicted octanol–water partition coefficient (Wildman–Crippen LogP) is -3.15. The van der Waals surface area contributed by atoms with Gasteiger partial charge in [0.2, 0.25) is 23.6 Å². The van der Waals surface area contributed by atoms with Gasteiger partial charge in [-0.15, -0.1) is 0 Å². The number of carbonyl (C=O) groups excluding carboxylic acids is 4. The number of carboxylic acids is 1. The molecule has 4 unspecified atom stereocenters. The number of hydrogen-bond donors (Lipinski definition) is 8. The first-order valence-corrected chi connectivity index (χ1v) is 10.5. The molecule has 33 heavy (non-hydrogen) atoms. The zero-order valence-electron chi connectivity index (χ0n) is 19.2. The monoisotopic (exact) mass is 472 g/mol. The van der Waals surface area contributed by atoms with E-state index in [0.717, 1.165) is 0 Å². The van der Waals surface area contributed by atoms with Crippen molar-refractivity contribution in [3.63, 3.8) is 0 Å². The number of nitrogens with zero attached hydrogens (tertiary/aromatic N) is 1. The summed E-state index contributed by atoms with van der Waals surface area (Å²) in [6, 6.07) is -4.66. The number of amides is 4. The van der Waals surface area contributed by atoms with Gasteiger partial charge in [0.25, 0.3) is 0 Å². The maximum Gasteiger partial charge on any atom is 0.325 e. The molecule has 14 nitrogen and oxygen atoms in total. The summed E-state index contributed by atoms with van der Waals surface area (Å²) < 4.78 is 0. The largest absolute Gasteiger partial charge is 0.480 e. The van der Waals surface area contributed by atoms with Crippen molar-refractivity contribution in [1.82, 2.24) is 16.0 Å². The lowest BCUT2D eigenvalue weighted by Crippen LogP contribution is -2.57. The second-order valence-electron chi connectivity index (χ2n) is 8.05. The highest BCUT2D eigenvalue weighted by Crippen LogP contribution is 2.07. The Morgan fingerprint density at radius 1 is 0.879 bits per heavy atom. The molecule has 188 valence electrons. The molecular formula is C19H36N8O6. The molecule has 0 saturated carbocycles. The molecular weight excluding hydrogens is 436 g/mol. The minimum Gasteiger partial charge on any atom is -0.480 e. The zero-order valence-corrected chi connectivity index (χ0v) is 19.2. The van der Waals surface area contributed by atoms with E-state index in [1.165, 1.54) is 6.92 Å². The lowest BCUT2D eigenvalue weighted by molar-refractivity contribution is -0.142. The molecule has 0 radical (unpaired) electrons. The van der Waals surface area contributed by atoms with Crippen molar-refractivity contribution >= 4 is 35.6 Å². The van der Waals surface area contributed by atoms with Gasteiger partial charge < -0.3 is 44.0 Å². The van der Waals surface area contributed by atoms with E-state index in [9.17, 15) is 24.0 Å². The molecule has 12 N–H and O–H groups in total. The lowest BCUT2D eigenvalue weighted by atomic mass is 10.0. The molecule has 0 saturated heterocycles. The average Bonchev–Trinajstić information content (AvgIpc) is 2.68. The third-order valence-corrected chi connectivity index (χ3v) is 4.41. The number of guanidine groups is 1. The van der Waals surface area contributed by atoms with E-state index in [2.05, 4.69) is 20.9 Å². The van der Waals surface area contributed by atoms with Crippen LogP contribution in [0.1, 0.15) is 46.5 Å². The van der Waals surface area contributed by atoms with Gasteiger partial charge in [-0.25, -0.2) is 0 Å². The molecule has 0 aromatic rings. The fraction of sp³-hybridized carbons (Fsp3) is 0.684. The first-order chi connectivity index (χ1) is 15.2. The summed E-state index contributed by atoms with van der Waals surface area (Å²) in [5.41, 5.74) is 21.5. The summed E-state index contributed by atoms with van der Waals surface area (Å²) in [6.45, 7) is 5.16. The van der Waals surface area contributed by atoms with E-state index in [1.54, 1.807) is 0 Å². The first kappa shape index (κ1) is 29.6. The van der Waals surface area contributed by atoms with Gasteiger partial charge in [-0.3, -0.25) is 29.0 Å². The summed E-state index contributed by atoms with van der Waals surface area (Å²) in [6.07, 6.45) is 0.361. The maximum absolute atomic E-state index is 12.8. The van der Waals surface area contributed by atoms with Crippen molar-refractivity contribution in [2.75, 3.05) is 6.54 Å². The molecule has 0 aliphatic heterocycles. The predicted molar refractivity (Wildman–Crippen MR) is 120 cm³/mol. The second-order valence-corrected chi connectivity index (χ2v) is 8.05. The Balaban J connectivity index is 5.26. The Kier molecular flexibility index (Phi) is 13.1. The number of carboxylic acid groups (broad SMARTS) is 1. The lowest BCUT2D eigenvalue weighted by Gasteiger charge is -2.25. The van der Waals surface area contributed by atoms with Gasteiger partial charge in [0, 0.05) is 6.54 Å². The van der Waals surface area contributed by atoms with E-state index >= 15 is 0 Å². The van der Waals surface area contributed by atoms with Crippen LogP contribution in [0.25, 0.3) is 0 Å². The Bertz CT molecular complexity index is 738. The number of aliphatic carboxylic acids is 1. The van der Waals surface area contributed by atoms with Gasteiger partial charge in [0.1, 0.15) is 18.1 Å². The van der Waals surface area contributed by atoms with Crippen LogP contribution in [0.15, 0.2) is 4.99 Å². The van der Waals surface area contributed by atoms with Gasteiger partial charge in [0.15, 0.2) is 5.96 Å². The number of hydrogen-bond acceptors (Lipinski definition) is 7. The summed E-state index contributed by atoms with van der Waals surface area (Å²) in [5.74, 6) is -4.51. The molecule has 0 aromatic carbocycles. The molecule has 4 amide bonds. The number of nitrogens with two attached hydrogens (primary N) is 4. The van der Waals surface area contributed by atoms with E-state index in [1.807, 2.05) is 13.8 Å². The van der Waals surface area contributed by atoms with Crippen molar-refractivity contribution in [1.29, 1.82) is 0 Å². The number of primary amides is 1. The Morgan fingerprint density at radius 2 is 1.42 bits per heavy atom. The molecule has 0 aromatic heterocycles. The van der Waals surface area contributed by atoms with Crippen LogP contribution in [0.4, 0.5) is 0 Å². The van der Waals surface area contributed by atoms with Crippen LogP contribution >= 0.6 is 0 Å². The van der Waals surface area contributed by atoms with Crippen molar-refractivity contribution in [3.05, 3.63) is 0 Å². The van der Waals surface area contributed by atoms with Gasteiger partial charge in [-0.2, -0.15) is 0 Å². The Morgan fingerprint density at radius 3 is 1.91 bits per heavy atom. The number of rotatable bonds is 15. The van der Waals surface area contributed by atoms with Gasteiger partial charge in [-0.1, -0.05) is 13.8 Å². The molecule has 0 heterocycles. The quantitative estimate of drug-likeness (QED) is 0.0678. The van der Waals surface area contributed by atoms with Crippen LogP contribution in [0, 0.1) is 5.92 Å². The fourth-order valence-electron chi connectivity index (χ4n) is 2.69. The van der Waals surface area contributed by atoms with Gasteiger partial charge >= 0.3 is 5.97 Å². The molecule has 0 fully saturated rings. The highest BCUT2D eigenvalue weighted by molar-refractivity contribution is 5.96. The second kappa shape index (κ2) is 14.6. The smallest absolute Gasteiger partial charge is 0.325 e. The van der Waals surface area contributed by atoms with E-state index in [4.69, 9.17) is 28.0 Å². The third kappa shape index (κ3) is 12.9. The normalized spacial score (nSPS) is 14.3. The van der Waals surface area contributed by atoms with Gasteiger partial charge in [-0.05, 0) is 32.1 Å². The third-order valence-electron chi connectivity index (χ3n) is 4.41. The molecule has 4 atom stereocenters. The highest BCUT2D eigenvalue weighted by atomic mass is 16.4. The van der Waals surface area contributed by atoms with Crippen molar-refractivity contribution < 1.29 is 29.1 Å². The summed E-state index contributed by atoms with van der Waals surface area (Å²) in [7, 11) is 0. The van der Waals surface area contributed by atoms with E-state index < -0.39 is 60.2 Å². The van der Waals surface area contributed by atoms with Crippen LogP contribution < -0.4 is 38.9 Å². The number of carbonyl (C=O) groups is 5. The molecule has 0 aliphatic carbocycles. The van der Waals surface area contributed by atoms with Crippen LogP contribution in [0.3, 0.4) is 0 Å². The van der Waals surface area contributed by atoms with Crippen molar-refractivity contribution in [2.45, 2.75) is 70.6 Å². The van der Waals surface area contributed by atoms with E-state index in [0.29, 0.717) is 6.42 Å². The SMILES string of the molecule is CC(C)CC(NC(=O)C(N)CCCN=C(N)N)C(=O)NC(CC(N)=O)C(=O)NC(C)C(=O)O. The average molecular weight is 473 g/mol. The fourth-order valence-corrected chi connectivity index (χ4v) is 2.69.